The lowest BCUT2D eigenvalue weighted by Crippen LogP contribution is -2.28. The molecule has 0 fully saturated rings. The predicted molar refractivity (Wildman–Crippen MR) is 105 cm³/mol. The number of anilines is 1. The van der Waals surface area contributed by atoms with Crippen molar-refractivity contribution in [3.63, 3.8) is 0 Å². The first-order valence-electron chi connectivity index (χ1n) is 8.35. The minimum Gasteiger partial charge on any atom is -0.496 e. The lowest BCUT2D eigenvalue weighted by molar-refractivity contribution is -0.115. The third-order valence-corrected chi connectivity index (χ3v) is 4.23. The van der Waals surface area contributed by atoms with Crippen LogP contribution in [0.1, 0.15) is 5.69 Å². The SMILES string of the molecule is COc1ccc(NC(=O)CNCc2ccccn2)cc1-c1c(Cl)cnn1C. The first kappa shape index (κ1) is 18.9. The molecular weight excluding hydrogens is 366 g/mol. The van der Waals surface area contributed by atoms with E-state index >= 15 is 0 Å². The summed E-state index contributed by atoms with van der Waals surface area (Å²) in [4.78, 5) is 16.4. The fourth-order valence-electron chi connectivity index (χ4n) is 2.70. The second kappa shape index (κ2) is 8.66. The number of hydrogen-bond donors (Lipinski definition) is 2. The molecule has 3 aromatic rings. The maximum Gasteiger partial charge on any atom is 0.238 e. The highest BCUT2D eigenvalue weighted by Crippen LogP contribution is 2.36. The van der Waals surface area contributed by atoms with Gasteiger partial charge in [0, 0.05) is 31.0 Å². The van der Waals surface area contributed by atoms with E-state index < -0.39 is 0 Å². The van der Waals surface area contributed by atoms with Crippen LogP contribution in [0.15, 0.2) is 48.8 Å². The van der Waals surface area contributed by atoms with Crippen LogP contribution in [0.25, 0.3) is 11.3 Å². The number of pyridine rings is 1. The summed E-state index contributed by atoms with van der Waals surface area (Å²) in [6, 6.07) is 11.0. The molecule has 2 N–H and O–H groups in total. The Labute approximate surface area is 162 Å². The smallest absolute Gasteiger partial charge is 0.238 e. The van der Waals surface area contributed by atoms with Crippen LogP contribution in [0, 0.1) is 0 Å². The molecule has 0 atom stereocenters. The highest BCUT2D eigenvalue weighted by molar-refractivity contribution is 6.33. The Hall–Kier alpha value is -2.90. The number of rotatable bonds is 7. The summed E-state index contributed by atoms with van der Waals surface area (Å²) < 4.78 is 7.09. The van der Waals surface area contributed by atoms with Gasteiger partial charge in [-0.1, -0.05) is 17.7 Å². The van der Waals surface area contributed by atoms with Crippen LogP contribution in [0.2, 0.25) is 5.02 Å². The van der Waals surface area contributed by atoms with Crippen molar-refractivity contribution < 1.29 is 9.53 Å². The van der Waals surface area contributed by atoms with Crippen LogP contribution in [0.4, 0.5) is 5.69 Å². The van der Waals surface area contributed by atoms with Crippen molar-refractivity contribution in [3.8, 4) is 17.0 Å². The number of nitrogens with one attached hydrogen (secondary N) is 2. The maximum atomic E-state index is 12.2. The molecule has 2 aromatic heterocycles. The van der Waals surface area contributed by atoms with E-state index in [0.717, 1.165) is 17.0 Å². The van der Waals surface area contributed by atoms with Gasteiger partial charge in [-0.25, -0.2) is 0 Å². The Morgan fingerprint density at radius 3 is 2.81 bits per heavy atom. The average molecular weight is 386 g/mol. The molecule has 0 aliphatic rings. The van der Waals surface area contributed by atoms with Gasteiger partial charge in [-0.15, -0.1) is 0 Å². The van der Waals surface area contributed by atoms with Gasteiger partial charge in [0.25, 0.3) is 0 Å². The van der Waals surface area contributed by atoms with E-state index in [4.69, 9.17) is 16.3 Å². The lowest BCUT2D eigenvalue weighted by atomic mass is 10.1. The Morgan fingerprint density at radius 2 is 2.15 bits per heavy atom. The molecule has 2 heterocycles. The number of nitrogens with zero attached hydrogens (tertiary/aromatic N) is 3. The summed E-state index contributed by atoms with van der Waals surface area (Å²) in [7, 11) is 3.39. The molecule has 7 nitrogen and oxygen atoms in total. The Morgan fingerprint density at radius 1 is 1.30 bits per heavy atom. The number of aryl methyl sites for hydroxylation is 1. The Balaban J connectivity index is 1.68. The monoisotopic (exact) mass is 385 g/mol. The highest BCUT2D eigenvalue weighted by atomic mass is 35.5. The highest BCUT2D eigenvalue weighted by Gasteiger charge is 2.15. The van der Waals surface area contributed by atoms with Crippen molar-refractivity contribution in [1.29, 1.82) is 0 Å². The average Bonchev–Trinajstić information content (AvgIpc) is 3.01. The molecular formula is C19H20ClN5O2. The summed E-state index contributed by atoms with van der Waals surface area (Å²) in [6.45, 7) is 0.692. The molecule has 3 rings (SSSR count). The minimum atomic E-state index is -0.154. The molecule has 0 saturated heterocycles. The van der Waals surface area contributed by atoms with Crippen LogP contribution >= 0.6 is 11.6 Å². The molecule has 140 valence electrons. The van der Waals surface area contributed by atoms with Crippen LogP contribution in [0.5, 0.6) is 5.75 Å². The molecule has 27 heavy (non-hydrogen) atoms. The van der Waals surface area contributed by atoms with E-state index in [9.17, 15) is 4.79 Å². The van der Waals surface area contributed by atoms with E-state index in [1.807, 2.05) is 24.3 Å². The number of carbonyl (C=O) groups excluding carboxylic acids is 1. The second-order valence-corrected chi connectivity index (χ2v) is 6.26. The van der Waals surface area contributed by atoms with Gasteiger partial charge in [0.2, 0.25) is 5.91 Å². The van der Waals surface area contributed by atoms with Gasteiger partial charge in [0.1, 0.15) is 5.75 Å². The normalized spacial score (nSPS) is 10.6. The molecule has 0 bridgehead atoms. The second-order valence-electron chi connectivity index (χ2n) is 5.85. The van der Waals surface area contributed by atoms with E-state index in [2.05, 4.69) is 20.7 Å². The van der Waals surface area contributed by atoms with Crippen LogP contribution in [0.3, 0.4) is 0 Å². The Kier molecular flexibility index (Phi) is 6.05. The Bertz CT molecular complexity index is 908. The molecule has 8 heteroatoms. The number of benzene rings is 1. The van der Waals surface area contributed by atoms with E-state index in [1.165, 1.54) is 0 Å². The van der Waals surface area contributed by atoms with Gasteiger partial charge >= 0.3 is 0 Å². The number of amides is 1. The van der Waals surface area contributed by atoms with E-state index in [0.29, 0.717) is 23.0 Å². The number of carbonyl (C=O) groups is 1. The van der Waals surface area contributed by atoms with E-state index in [1.54, 1.807) is 43.4 Å². The van der Waals surface area contributed by atoms with Crippen LogP contribution < -0.4 is 15.4 Å². The van der Waals surface area contributed by atoms with Gasteiger partial charge < -0.3 is 15.4 Å². The third kappa shape index (κ3) is 4.64. The molecule has 0 unspecified atom stereocenters. The standard InChI is InChI=1S/C19H20ClN5O2/c1-25-19(16(20)11-23-25)15-9-13(6-7-17(15)27-2)24-18(26)12-21-10-14-5-3-4-8-22-14/h3-9,11,21H,10,12H2,1-2H3,(H,24,26). The predicted octanol–water partition coefficient (Wildman–Crippen LogP) is 2.87. The first-order chi connectivity index (χ1) is 13.1. The van der Waals surface area contributed by atoms with Gasteiger partial charge in [0.05, 0.1) is 36.3 Å². The molecule has 1 aromatic carbocycles. The van der Waals surface area contributed by atoms with Gasteiger partial charge in [0.15, 0.2) is 0 Å². The molecule has 0 saturated carbocycles. The summed E-state index contributed by atoms with van der Waals surface area (Å²) >= 11 is 6.25. The maximum absolute atomic E-state index is 12.2. The molecule has 0 radical (unpaired) electrons. The van der Waals surface area contributed by atoms with Crippen molar-refractivity contribution >= 4 is 23.2 Å². The van der Waals surface area contributed by atoms with Gasteiger partial charge in [-0.05, 0) is 30.3 Å². The largest absolute Gasteiger partial charge is 0.496 e. The third-order valence-electron chi connectivity index (χ3n) is 3.95. The summed E-state index contributed by atoms with van der Waals surface area (Å²) in [5.74, 6) is 0.491. The summed E-state index contributed by atoms with van der Waals surface area (Å²) in [5, 5.41) is 10.6. The van der Waals surface area contributed by atoms with Crippen molar-refractivity contribution in [3.05, 3.63) is 59.5 Å². The van der Waals surface area contributed by atoms with Crippen LogP contribution in [-0.4, -0.2) is 34.3 Å². The lowest BCUT2D eigenvalue weighted by Gasteiger charge is -2.13. The summed E-state index contributed by atoms with van der Waals surface area (Å²) in [6.07, 6.45) is 3.29. The first-order valence-corrected chi connectivity index (χ1v) is 8.72. The van der Waals surface area contributed by atoms with Gasteiger partial charge in [-0.3, -0.25) is 14.5 Å². The number of ether oxygens (including phenoxy) is 1. The zero-order valence-electron chi connectivity index (χ0n) is 15.1. The molecule has 0 aliphatic carbocycles. The molecule has 0 aliphatic heterocycles. The van der Waals surface area contributed by atoms with Gasteiger partial charge in [-0.2, -0.15) is 5.10 Å². The quantitative estimate of drug-likeness (QED) is 0.653. The number of methoxy groups -OCH3 is 1. The number of hydrogen-bond acceptors (Lipinski definition) is 5. The van der Waals surface area contributed by atoms with Crippen molar-refractivity contribution in [2.45, 2.75) is 6.54 Å². The molecule has 0 spiro atoms. The topological polar surface area (TPSA) is 81.1 Å². The van der Waals surface area contributed by atoms with E-state index in [-0.39, 0.29) is 12.5 Å². The fourth-order valence-corrected chi connectivity index (χ4v) is 2.96. The van der Waals surface area contributed by atoms with Crippen molar-refractivity contribution in [2.24, 2.45) is 7.05 Å². The number of aromatic nitrogens is 3. The zero-order valence-corrected chi connectivity index (χ0v) is 15.8. The number of halogens is 1. The minimum absolute atomic E-state index is 0.154. The van der Waals surface area contributed by atoms with Crippen molar-refractivity contribution in [2.75, 3.05) is 19.0 Å². The zero-order chi connectivity index (χ0) is 19.2. The van der Waals surface area contributed by atoms with Crippen molar-refractivity contribution in [1.82, 2.24) is 20.1 Å². The fraction of sp³-hybridized carbons (Fsp3) is 0.211. The van der Waals surface area contributed by atoms with Crippen LogP contribution in [-0.2, 0) is 18.4 Å². The summed E-state index contributed by atoms with van der Waals surface area (Å²) in [5.41, 5.74) is 3.00. The molecule has 1 amide bonds.